The summed E-state index contributed by atoms with van der Waals surface area (Å²) in [6, 6.07) is 15.1. The van der Waals surface area contributed by atoms with Crippen LogP contribution in [-0.2, 0) is 20.1 Å². The number of hydrogen-bond donors (Lipinski definition) is 0. The van der Waals surface area contributed by atoms with Crippen LogP contribution in [0.4, 0.5) is 11.6 Å². The second kappa shape index (κ2) is 8.68. The highest BCUT2D eigenvalue weighted by molar-refractivity contribution is 6.31. The molecule has 1 aliphatic heterocycles. The van der Waals surface area contributed by atoms with Gasteiger partial charge in [0.1, 0.15) is 5.75 Å². The van der Waals surface area contributed by atoms with Gasteiger partial charge in [-0.1, -0.05) is 36.7 Å². The van der Waals surface area contributed by atoms with Crippen LogP contribution in [0.15, 0.2) is 58.1 Å². The first kappa shape index (κ1) is 22.3. The van der Waals surface area contributed by atoms with Crippen LogP contribution in [0.25, 0.3) is 11.2 Å². The predicted octanol–water partition coefficient (Wildman–Crippen LogP) is 3.78. The Hall–Kier alpha value is -3.52. The number of nitrogens with zero attached hydrogens (tertiary/aromatic N) is 5. The van der Waals surface area contributed by atoms with E-state index in [1.807, 2.05) is 54.0 Å². The first-order chi connectivity index (χ1) is 16.4. The number of aromatic nitrogens is 4. The highest BCUT2D eigenvalue weighted by Gasteiger charge is 2.30. The van der Waals surface area contributed by atoms with Crippen LogP contribution in [0.3, 0.4) is 0 Å². The lowest BCUT2D eigenvalue weighted by Gasteiger charge is -2.33. The zero-order chi connectivity index (χ0) is 24.0. The normalized spacial score (nSPS) is 15.5. The van der Waals surface area contributed by atoms with E-state index in [-0.39, 0.29) is 18.0 Å². The number of aryl methyl sites for hydroxylation is 1. The Morgan fingerprint density at radius 1 is 1.09 bits per heavy atom. The van der Waals surface area contributed by atoms with Crippen LogP contribution < -0.4 is 20.9 Å². The van der Waals surface area contributed by atoms with Crippen molar-refractivity contribution in [1.29, 1.82) is 0 Å². The van der Waals surface area contributed by atoms with E-state index < -0.39 is 5.69 Å². The second-order valence-electron chi connectivity index (χ2n) is 8.66. The summed E-state index contributed by atoms with van der Waals surface area (Å²) in [7, 11) is 1.65. The van der Waals surface area contributed by atoms with Crippen LogP contribution >= 0.6 is 11.6 Å². The maximum atomic E-state index is 13.6. The molecule has 2 aromatic carbocycles. The van der Waals surface area contributed by atoms with Crippen LogP contribution in [0, 0.1) is 5.92 Å². The van der Waals surface area contributed by atoms with Crippen molar-refractivity contribution in [1.82, 2.24) is 18.7 Å². The fourth-order valence-corrected chi connectivity index (χ4v) is 4.74. The molecule has 0 saturated heterocycles. The Morgan fingerprint density at radius 3 is 2.53 bits per heavy atom. The SMILES string of the molecule is CCOc1ccc(N2CC(C)Cn3c2nc2c3c(=O)n(Cc3ccccc3Cl)c(=O)n2C)cc1. The molecule has 0 N–H and O–H groups in total. The fourth-order valence-electron chi connectivity index (χ4n) is 4.55. The van der Waals surface area contributed by atoms with Crippen LogP contribution in [0.2, 0.25) is 5.02 Å². The molecule has 8 nitrogen and oxygen atoms in total. The molecule has 4 aromatic rings. The summed E-state index contributed by atoms with van der Waals surface area (Å²) >= 11 is 6.31. The number of halogens is 1. The minimum absolute atomic E-state index is 0.0970. The van der Waals surface area contributed by atoms with Gasteiger partial charge >= 0.3 is 5.69 Å². The van der Waals surface area contributed by atoms with Crippen molar-refractivity contribution < 1.29 is 4.74 Å². The van der Waals surface area contributed by atoms with E-state index >= 15 is 0 Å². The van der Waals surface area contributed by atoms with Gasteiger partial charge in [-0.15, -0.1) is 0 Å². The molecule has 1 unspecified atom stereocenters. The first-order valence-corrected chi connectivity index (χ1v) is 11.7. The molecule has 5 rings (SSSR count). The van der Waals surface area contributed by atoms with E-state index in [1.54, 1.807) is 13.1 Å². The smallest absolute Gasteiger partial charge is 0.332 e. The van der Waals surface area contributed by atoms with Gasteiger partial charge in [0.2, 0.25) is 5.95 Å². The number of benzene rings is 2. The van der Waals surface area contributed by atoms with E-state index in [4.69, 9.17) is 21.3 Å². The lowest BCUT2D eigenvalue weighted by Crippen LogP contribution is -2.40. The summed E-state index contributed by atoms with van der Waals surface area (Å²) in [6.45, 7) is 6.17. The average molecular weight is 480 g/mol. The number of ether oxygens (including phenoxy) is 1. The lowest BCUT2D eigenvalue weighted by atomic mass is 10.1. The third kappa shape index (κ3) is 3.68. The fraction of sp³-hybridized carbons (Fsp3) is 0.320. The highest BCUT2D eigenvalue weighted by atomic mass is 35.5. The molecular weight excluding hydrogens is 454 g/mol. The quantitative estimate of drug-likeness (QED) is 0.435. The van der Waals surface area contributed by atoms with Crippen LogP contribution in [0.1, 0.15) is 19.4 Å². The summed E-state index contributed by atoms with van der Waals surface area (Å²) in [5.74, 6) is 1.72. The Labute approximate surface area is 201 Å². The van der Waals surface area contributed by atoms with Crippen LogP contribution in [-0.4, -0.2) is 31.8 Å². The summed E-state index contributed by atoms with van der Waals surface area (Å²) in [6.07, 6.45) is 0. The van der Waals surface area contributed by atoms with Gasteiger partial charge in [0, 0.05) is 30.8 Å². The van der Waals surface area contributed by atoms with Gasteiger partial charge in [-0.2, -0.15) is 4.98 Å². The van der Waals surface area contributed by atoms with Crippen molar-refractivity contribution in [2.75, 3.05) is 18.1 Å². The van der Waals surface area contributed by atoms with E-state index in [1.165, 1.54) is 9.13 Å². The van der Waals surface area contributed by atoms with Gasteiger partial charge in [-0.25, -0.2) is 4.79 Å². The van der Waals surface area contributed by atoms with Crippen molar-refractivity contribution in [2.45, 2.75) is 26.9 Å². The number of hydrogen-bond acceptors (Lipinski definition) is 5. The van der Waals surface area contributed by atoms with E-state index in [9.17, 15) is 9.59 Å². The van der Waals surface area contributed by atoms with Gasteiger partial charge < -0.3 is 14.2 Å². The van der Waals surface area contributed by atoms with E-state index in [0.29, 0.717) is 40.8 Å². The van der Waals surface area contributed by atoms with Crippen molar-refractivity contribution in [3.05, 3.63) is 80.0 Å². The zero-order valence-electron chi connectivity index (χ0n) is 19.4. The molecule has 3 heterocycles. The minimum atomic E-state index is -0.423. The molecular formula is C25H26ClN5O3. The highest BCUT2D eigenvalue weighted by Crippen LogP contribution is 2.33. The summed E-state index contributed by atoms with van der Waals surface area (Å²) in [4.78, 5) is 33.6. The summed E-state index contributed by atoms with van der Waals surface area (Å²) in [5.41, 5.74) is 1.68. The number of rotatable bonds is 5. The molecule has 0 bridgehead atoms. The van der Waals surface area contributed by atoms with Crippen molar-refractivity contribution >= 4 is 34.4 Å². The molecule has 0 fully saturated rings. The largest absolute Gasteiger partial charge is 0.494 e. The van der Waals surface area contributed by atoms with Crippen molar-refractivity contribution in [2.24, 2.45) is 13.0 Å². The topological polar surface area (TPSA) is 74.3 Å². The molecule has 2 aromatic heterocycles. The number of fused-ring (bicyclic) bond motifs is 3. The van der Waals surface area contributed by atoms with E-state index in [2.05, 4.69) is 11.8 Å². The third-order valence-corrected chi connectivity index (χ3v) is 6.56. The summed E-state index contributed by atoms with van der Waals surface area (Å²) in [5, 5.41) is 0.516. The Morgan fingerprint density at radius 2 is 1.82 bits per heavy atom. The maximum absolute atomic E-state index is 13.6. The molecule has 0 aliphatic carbocycles. The molecule has 1 aliphatic rings. The molecule has 0 amide bonds. The van der Waals surface area contributed by atoms with Crippen molar-refractivity contribution in [3.63, 3.8) is 0 Å². The zero-order valence-corrected chi connectivity index (χ0v) is 20.1. The van der Waals surface area contributed by atoms with Gasteiger partial charge in [-0.05, 0) is 48.7 Å². The molecule has 176 valence electrons. The van der Waals surface area contributed by atoms with Gasteiger partial charge in [0.15, 0.2) is 11.2 Å². The number of anilines is 2. The molecule has 0 spiro atoms. The lowest BCUT2D eigenvalue weighted by molar-refractivity contribution is 0.340. The Balaban J connectivity index is 1.67. The maximum Gasteiger partial charge on any atom is 0.332 e. The predicted molar refractivity (Wildman–Crippen MR) is 134 cm³/mol. The molecule has 1 atom stereocenters. The monoisotopic (exact) mass is 479 g/mol. The number of imidazole rings is 1. The Kier molecular flexibility index (Phi) is 5.69. The van der Waals surface area contributed by atoms with Crippen LogP contribution in [0.5, 0.6) is 5.75 Å². The summed E-state index contributed by atoms with van der Waals surface area (Å²) < 4.78 is 10.2. The molecule has 34 heavy (non-hydrogen) atoms. The second-order valence-corrected chi connectivity index (χ2v) is 9.07. The molecule has 0 radical (unpaired) electrons. The minimum Gasteiger partial charge on any atom is -0.494 e. The third-order valence-electron chi connectivity index (χ3n) is 6.19. The van der Waals surface area contributed by atoms with Gasteiger partial charge in [0.25, 0.3) is 5.56 Å². The standard InChI is InChI=1S/C25H26ClN5O3/c1-4-34-19-11-9-18(10-12-19)29-13-16(2)14-30-21-22(27-24(29)30)28(3)25(33)31(23(21)32)15-17-7-5-6-8-20(17)26/h5-12,16H,4,13-15H2,1-3H3. The van der Waals surface area contributed by atoms with E-state index in [0.717, 1.165) is 18.0 Å². The first-order valence-electron chi connectivity index (χ1n) is 11.3. The van der Waals surface area contributed by atoms with Crippen molar-refractivity contribution in [3.8, 4) is 5.75 Å². The average Bonchev–Trinajstić information content (AvgIpc) is 3.21. The van der Waals surface area contributed by atoms with Gasteiger partial charge in [0.05, 0.1) is 13.2 Å². The molecule has 9 heteroatoms. The van der Waals surface area contributed by atoms with Gasteiger partial charge in [-0.3, -0.25) is 13.9 Å². The Bertz CT molecular complexity index is 1490. The molecule has 0 saturated carbocycles.